The number of primary amides is 2. The van der Waals surface area contributed by atoms with Gasteiger partial charge in [0.05, 0.1) is 0 Å². The third-order valence-electron chi connectivity index (χ3n) is 0.602. The Morgan fingerprint density at radius 1 is 1.50 bits per heavy atom. The van der Waals surface area contributed by atoms with E-state index in [-0.39, 0.29) is 0 Å². The van der Waals surface area contributed by atoms with E-state index < -0.39 is 11.9 Å². The van der Waals surface area contributed by atoms with Gasteiger partial charge in [0.1, 0.15) is 0 Å². The van der Waals surface area contributed by atoms with Gasteiger partial charge in [-0.15, -0.1) is 0 Å². The van der Waals surface area contributed by atoms with Crippen LogP contribution in [0.3, 0.4) is 0 Å². The van der Waals surface area contributed by atoms with E-state index in [1.807, 2.05) is 6.92 Å². The van der Waals surface area contributed by atoms with Gasteiger partial charge in [0.25, 0.3) is 0 Å². The molecule has 0 bridgehead atoms. The maximum absolute atomic E-state index is 9.78. The van der Waals surface area contributed by atoms with Gasteiger partial charge in [0.2, 0.25) is 5.91 Å². The molecule has 0 aromatic carbocycles. The van der Waals surface area contributed by atoms with Crippen LogP contribution in [-0.2, 0) is 4.79 Å². The highest BCUT2D eigenvalue weighted by Crippen LogP contribution is 1.67. The average molecular weight is 171 g/mol. The second kappa shape index (κ2) is 9.35. The second-order valence-electron chi connectivity index (χ2n) is 1.66. The highest BCUT2D eigenvalue weighted by Gasteiger charge is 1.76. The Hall–Kier alpha value is -1.65. The van der Waals surface area contributed by atoms with E-state index in [2.05, 4.69) is 23.0 Å². The predicted octanol–water partition coefficient (Wildman–Crippen LogP) is 0.204. The van der Waals surface area contributed by atoms with Crippen molar-refractivity contribution < 1.29 is 9.59 Å². The molecule has 0 rings (SSSR count). The molecule has 0 aromatic heterocycles. The summed E-state index contributed by atoms with van der Waals surface area (Å²) in [6.45, 7) is 4.97. The molecule has 0 fully saturated rings. The lowest BCUT2D eigenvalue weighted by atomic mass is 10.5. The SMILES string of the molecule is C=CC(N)=O.CCC=NC(N)=O. The normalized spacial score (nSPS) is 8.42. The van der Waals surface area contributed by atoms with Crippen molar-refractivity contribution in [1.29, 1.82) is 0 Å². The quantitative estimate of drug-likeness (QED) is 0.458. The molecule has 0 aliphatic carbocycles. The fraction of sp³-hybridized carbons (Fsp3) is 0.286. The number of amides is 3. The average Bonchev–Trinajstić information content (AvgIpc) is 2.02. The molecule has 68 valence electrons. The van der Waals surface area contributed by atoms with Crippen molar-refractivity contribution in [3.63, 3.8) is 0 Å². The maximum Gasteiger partial charge on any atom is 0.337 e. The van der Waals surface area contributed by atoms with Gasteiger partial charge in [-0.1, -0.05) is 13.5 Å². The molecule has 5 heteroatoms. The Morgan fingerprint density at radius 2 is 1.92 bits per heavy atom. The minimum Gasteiger partial charge on any atom is -0.366 e. The van der Waals surface area contributed by atoms with Crippen LogP contribution in [0.25, 0.3) is 0 Å². The first kappa shape index (κ1) is 13.0. The molecule has 0 aliphatic heterocycles. The number of hydrogen-bond acceptors (Lipinski definition) is 2. The summed E-state index contributed by atoms with van der Waals surface area (Å²) < 4.78 is 0. The highest BCUT2D eigenvalue weighted by atomic mass is 16.2. The summed E-state index contributed by atoms with van der Waals surface area (Å²) in [6.07, 6.45) is 3.28. The van der Waals surface area contributed by atoms with E-state index in [0.29, 0.717) is 0 Å². The molecule has 0 aliphatic rings. The number of nitrogens with two attached hydrogens (primary N) is 2. The Bertz CT molecular complexity index is 187. The molecule has 3 amide bonds. The minimum atomic E-state index is -0.623. The molecule has 0 heterocycles. The van der Waals surface area contributed by atoms with Crippen LogP contribution in [0.15, 0.2) is 17.6 Å². The second-order valence-corrected chi connectivity index (χ2v) is 1.66. The van der Waals surface area contributed by atoms with Crippen molar-refractivity contribution in [1.82, 2.24) is 0 Å². The summed E-state index contributed by atoms with van der Waals surface area (Å²) >= 11 is 0. The summed E-state index contributed by atoms with van der Waals surface area (Å²) in [6, 6.07) is -0.623. The van der Waals surface area contributed by atoms with Crippen molar-refractivity contribution in [2.45, 2.75) is 13.3 Å². The third kappa shape index (κ3) is 23.8. The van der Waals surface area contributed by atoms with Gasteiger partial charge in [-0.05, 0) is 12.5 Å². The molecule has 0 saturated carbocycles. The first-order valence-electron chi connectivity index (χ1n) is 3.28. The highest BCUT2D eigenvalue weighted by molar-refractivity contribution is 5.85. The molecule has 0 spiro atoms. The lowest BCUT2D eigenvalue weighted by molar-refractivity contribution is -0.113. The summed E-state index contributed by atoms with van der Waals surface area (Å²) in [5, 5.41) is 0. The largest absolute Gasteiger partial charge is 0.366 e. The van der Waals surface area contributed by atoms with Gasteiger partial charge in [0.15, 0.2) is 0 Å². The maximum atomic E-state index is 9.78. The molecule has 0 saturated heterocycles. The monoisotopic (exact) mass is 171 g/mol. The van der Waals surface area contributed by atoms with E-state index in [1.54, 1.807) is 0 Å². The van der Waals surface area contributed by atoms with Gasteiger partial charge in [-0.25, -0.2) is 9.79 Å². The summed E-state index contributed by atoms with van der Waals surface area (Å²) in [4.78, 5) is 22.5. The smallest absolute Gasteiger partial charge is 0.337 e. The van der Waals surface area contributed by atoms with Crippen LogP contribution >= 0.6 is 0 Å². The molecule has 0 radical (unpaired) electrons. The number of nitrogens with zero attached hydrogens (tertiary/aromatic N) is 1. The van der Waals surface area contributed by atoms with Gasteiger partial charge in [0, 0.05) is 6.21 Å². The molecular weight excluding hydrogens is 158 g/mol. The number of rotatable bonds is 2. The van der Waals surface area contributed by atoms with E-state index in [1.165, 1.54) is 6.21 Å². The Kier molecular flexibility index (Phi) is 10.1. The van der Waals surface area contributed by atoms with Crippen LogP contribution < -0.4 is 11.5 Å². The lowest BCUT2D eigenvalue weighted by Crippen LogP contribution is -2.04. The van der Waals surface area contributed by atoms with Crippen molar-refractivity contribution >= 4 is 18.2 Å². The molecule has 12 heavy (non-hydrogen) atoms. The zero-order chi connectivity index (χ0) is 9.98. The number of aliphatic imine (C=N–C) groups is 1. The van der Waals surface area contributed by atoms with Gasteiger partial charge in [-0.3, -0.25) is 4.79 Å². The van der Waals surface area contributed by atoms with Crippen LogP contribution in [0.2, 0.25) is 0 Å². The zero-order valence-corrected chi connectivity index (χ0v) is 6.99. The van der Waals surface area contributed by atoms with Crippen LogP contribution in [-0.4, -0.2) is 18.2 Å². The Labute approximate surface area is 71.1 Å². The van der Waals surface area contributed by atoms with Crippen molar-refractivity contribution in [3.05, 3.63) is 12.7 Å². The summed E-state index contributed by atoms with van der Waals surface area (Å²) in [5.74, 6) is -0.481. The number of hydrogen-bond donors (Lipinski definition) is 2. The fourth-order valence-electron chi connectivity index (χ4n) is 0.181. The van der Waals surface area contributed by atoms with Crippen LogP contribution in [0, 0.1) is 0 Å². The molecule has 5 nitrogen and oxygen atoms in total. The van der Waals surface area contributed by atoms with Crippen LogP contribution in [0.4, 0.5) is 4.79 Å². The van der Waals surface area contributed by atoms with Crippen molar-refractivity contribution in [2.24, 2.45) is 16.5 Å². The van der Waals surface area contributed by atoms with Crippen molar-refractivity contribution in [2.75, 3.05) is 0 Å². The Morgan fingerprint density at radius 3 is 2.00 bits per heavy atom. The minimum absolute atomic E-state index is 0.481. The summed E-state index contributed by atoms with van der Waals surface area (Å²) in [7, 11) is 0. The van der Waals surface area contributed by atoms with Gasteiger partial charge < -0.3 is 11.5 Å². The summed E-state index contributed by atoms with van der Waals surface area (Å²) in [5.41, 5.74) is 9.18. The van der Waals surface area contributed by atoms with Gasteiger partial charge >= 0.3 is 6.03 Å². The molecule has 4 N–H and O–H groups in total. The fourth-order valence-corrected chi connectivity index (χ4v) is 0.181. The third-order valence-corrected chi connectivity index (χ3v) is 0.602. The first-order valence-corrected chi connectivity index (χ1v) is 3.28. The number of carbonyl (C=O) groups is 2. The topological polar surface area (TPSA) is 98.5 Å². The van der Waals surface area contributed by atoms with Gasteiger partial charge in [-0.2, -0.15) is 0 Å². The van der Waals surface area contributed by atoms with E-state index >= 15 is 0 Å². The standard InChI is InChI=1S/C4H8N2O.C3H5NO/c1-2-3-6-4(5)7;1-2-3(4)5/h3H,2H2,1H3,(H2,5,7);2H,1H2,(H2,4,5). The number of urea groups is 1. The molecule has 0 aromatic rings. The van der Waals surface area contributed by atoms with E-state index in [0.717, 1.165) is 12.5 Å². The molecular formula is C7H13N3O2. The van der Waals surface area contributed by atoms with Crippen molar-refractivity contribution in [3.8, 4) is 0 Å². The molecule has 0 unspecified atom stereocenters. The Balaban J connectivity index is 0. The lowest BCUT2D eigenvalue weighted by Gasteiger charge is -1.75. The molecule has 0 atom stereocenters. The number of carbonyl (C=O) groups excluding carboxylic acids is 2. The van der Waals surface area contributed by atoms with E-state index in [4.69, 9.17) is 0 Å². The first-order chi connectivity index (χ1) is 5.54. The van der Waals surface area contributed by atoms with E-state index in [9.17, 15) is 9.59 Å². The predicted molar refractivity (Wildman–Crippen MR) is 47.8 cm³/mol. The van der Waals surface area contributed by atoms with Crippen LogP contribution in [0.1, 0.15) is 13.3 Å². The van der Waals surface area contributed by atoms with Crippen LogP contribution in [0.5, 0.6) is 0 Å². The zero-order valence-electron chi connectivity index (χ0n) is 6.99.